The van der Waals surface area contributed by atoms with Crippen LogP contribution in [-0.4, -0.2) is 47.0 Å². The van der Waals surface area contributed by atoms with Gasteiger partial charge in [-0.2, -0.15) is 0 Å². The van der Waals surface area contributed by atoms with E-state index in [9.17, 15) is 9.18 Å². The Bertz CT molecular complexity index is 941. The number of piperazine rings is 1. The minimum Gasteiger partial charge on any atom is -0.368 e. The van der Waals surface area contributed by atoms with Crippen LogP contribution in [0.3, 0.4) is 0 Å². The highest BCUT2D eigenvalue weighted by Crippen LogP contribution is 2.18. The van der Waals surface area contributed by atoms with Gasteiger partial charge < -0.3 is 15.1 Å². The molecule has 4 rings (SSSR count). The van der Waals surface area contributed by atoms with E-state index in [1.54, 1.807) is 23.1 Å². The van der Waals surface area contributed by atoms with Gasteiger partial charge in [-0.15, -0.1) is 0 Å². The minimum atomic E-state index is -0.374. The van der Waals surface area contributed by atoms with Crippen molar-refractivity contribution < 1.29 is 9.18 Å². The number of amides is 1. The third-order valence-electron chi connectivity index (χ3n) is 4.70. The molecule has 6 nitrogen and oxygen atoms in total. The maximum atomic E-state index is 13.7. The summed E-state index contributed by atoms with van der Waals surface area (Å²) < 4.78 is 13.7. The van der Waals surface area contributed by atoms with Crippen LogP contribution in [0.2, 0.25) is 0 Å². The molecule has 0 bridgehead atoms. The molecule has 2 aromatic carbocycles. The maximum absolute atomic E-state index is 13.7. The fraction of sp³-hybridized carbons (Fsp3) is 0.190. The molecule has 2 heterocycles. The van der Waals surface area contributed by atoms with Gasteiger partial charge in [0.2, 0.25) is 0 Å². The van der Waals surface area contributed by atoms with Crippen molar-refractivity contribution in [3.63, 3.8) is 0 Å². The number of anilines is 3. The summed E-state index contributed by atoms with van der Waals surface area (Å²) in [6.45, 7) is 2.81. The van der Waals surface area contributed by atoms with Crippen LogP contribution in [0.4, 0.5) is 21.6 Å². The molecule has 3 aromatic rings. The van der Waals surface area contributed by atoms with E-state index in [-0.39, 0.29) is 17.4 Å². The van der Waals surface area contributed by atoms with Crippen molar-refractivity contribution in [1.29, 1.82) is 0 Å². The van der Waals surface area contributed by atoms with E-state index in [4.69, 9.17) is 0 Å². The molecule has 1 aliphatic heterocycles. The van der Waals surface area contributed by atoms with Crippen LogP contribution in [0.15, 0.2) is 67.0 Å². The summed E-state index contributed by atoms with van der Waals surface area (Å²) >= 11 is 0. The normalized spacial score (nSPS) is 14.0. The predicted octanol–water partition coefficient (Wildman–Crippen LogP) is 3.32. The zero-order valence-electron chi connectivity index (χ0n) is 15.3. The van der Waals surface area contributed by atoms with Gasteiger partial charge in [0.05, 0.1) is 18.1 Å². The third-order valence-corrected chi connectivity index (χ3v) is 4.70. The van der Waals surface area contributed by atoms with E-state index in [1.165, 1.54) is 18.5 Å². The lowest BCUT2D eigenvalue weighted by molar-refractivity contribution is 0.0740. The maximum Gasteiger partial charge on any atom is 0.274 e. The van der Waals surface area contributed by atoms with Crippen LogP contribution >= 0.6 is 0 Å². The zero-order chi connectivity index (χ0) is 19.3. The Hall–Kier alpha value is -3.48. The second-order valence-electron chi connectivity index (χ2n) is 6.51. The van der Waals surface area contributed by atoms with Crippen LogP contribution in [-0.2, 0) is 0 Å². The van der Waals surface area contributed by atoms with E-state index in [1.807, 2.05) is 18.2 Å². The van der Waals surface area contributed by atoms with E-state index in [0.717, 1.165) is 18.8 Å². The number of halogens is 1. The fourth-order valence-corrected chi connectivity index (χ4v) is 3.17. The highest BCUT2D eigenvalue weighted by Gasteiger charge is 2.23. The first-order valence-electron chi connectivity index (χ1n) is 9.13. The quantitative estimate of drug-likeness (QED) is 0.756. The molecule has 1 aromatic heterocycles. The van der Waals surface area contributed by atoms with Gasteiger partial charge in [0.15, 0.2) is 0 Å². The van der Waals surface area contributed by atoms with Crippen molar-refractivity contribution in [2.75, 3.05) is 36.4 Å². The Labute approximate surface area is 162 Å². The van der Waals surface area contributed by atoms with Gasteiger partial charge in [-0.05, 0) is 24.3 Å². The number of hydrogen-bond acceptors (Lipinski definition) is 5. The Morgan fingerprint density at radius 3 is 2.29 bits per heavy atom. The van der Waals surface area contributed by atoms with Gasteiger partial charge in [-0.3, -0.25) is 4.79 Å². The molecule has 0 atom stereocenters. The van der Waals surface area contributed by atoms with Crippen LogP contribution in [0.1, 0.15) is 10.5 Å². The Balaban J connectivity index is 1.37. The topological polar surface area (TPSA) is 61.4 Å². The van der Waals surface area contributed by atoms with Gasteiger partial charge in [-0.25, -0.2) is 14.4 Å². The number of nitrogens with one attached hydrogen (secondary N) is 1. The molecule has 1 saturated heterocycles. The summed E-state index contributed by atoms with van der Waals surface area (Å²) in [6.07, 6.45) is 2.87. The van der Waals surface area contributed by atoms with Crippen molar-refractivity contribution in [3.8, 4) is 0 Å². The van der Waals surface area contributed by atoms with Crippen molar-refractivity contribution in [1.82, 2.24) is 14.9 Å². The fourth-order valence-electron chi connectivity index (χ4n) is 3.17. The van der Waals surface area contributed by atoms with Crippen LogP contribution in [0, 0.1) is 5.82 Å². The molecular formula is C21H20FN5O. The molecule has 0 saturated carbocycles. The number of carbonyl (C=O) groups excluding carboxylic acids is 1. The van der Waals surface area contributed by atoms with Crippen molar-refractivity contribution >= 4 is 23.1 Å². The monoisotopic (exact) mass is 377 g/mol. The number of nitrogens with zero attached hydrogens (tertiary/aromatic N) is 4. The summed E-state index contributed by atoms with van der Waals surface area (Å²) in [5.74, 6) is -0.131. The first-order chi connectivity index (χ1) is 13.7. The molecule has 28 heavy (non-hydrogen) atoms. The number of para-hydroxylation sites is 2. The molecule has 1 amide bonds. The second kappa shape index (κ2) is 8.04. The standard InChI is InChI=1S/C21H20FN5O/c22-17-8-4-5-9-18(17)25-20-15-23-19(14-24-20)21(28)27-12-10-26(11-13-27)16-6-2-1-3-7-16/h1-9,14-15H,10-13H2,(H,24,25). The molecule has 1 fully saturated rings. The largest absolute Gasteiger partial charge is 0.368 e. The van der Waals surface area contributed by atoms with Crippen molar-refractivity contribution in [2.45, 2.75) is 0 Å². The minimum absolute atomic E-state index is 0.141. The van der Waals surface area contributed by atoms with Gasteiger partial charge in [0.1, 0.15) is 17.3 Å². The number of benzene rings is 2. The Morgan fingerprint density at radius 2 is 1.61 bits per heavy atom. The van der Waals surface area contributed by atoms with E-state index in [0.29, 0.717) is 24.6 Å². The molecule has 0 aliphatic carbocycles. The van der Waals surface area contributed by atoms with Crippen molar-refractivity contribution in [3.05, 3.63) is 78.5 Å². The molecule has 0 unspecified atom stereocenters. The molecule has 1 N–H and O–H groups in total. The first-order valence-corrected chi connectivity index (χ1v) is 9.13. The van der Waals surface area contributed by atoms with Gasteiger partial charge in [0.25, 0.3) is 5.91 Å². The van der Waals surface area contributed by atoms with Gasteiger partial charge >= 0.3 is 0 Å². The third kappa shape index (κ3) is 3.93. The van der Waals surface area contributed by atoms with Gasteiger partial charge in [-0.1, -0.05) is 30.3 Å². The lowest BCUT2D eigenvalue weighted by atomic mass is 10.2. The van der Waals surface area contributed by atoms with E-state index < -0.39 is 0 Å². The number of rotatable bonds is 4. The second-order valence-corrected chi connectivity index (χ2v) is 6.51. The summed E-state index contributed by atoms with van der Waals surface area (Å²) in [6, 6.07) is 16.5. The lowest BCUT2D eigenvalue weighted by Gasteiger charge is -2.35. The molecule has 0 radical (unpaired) electrons. The zero-order valence-corrected chi connectivity index (χ0v) is 15.3. The van der Waals surface area contributed by atoms with Crippen LogP contribution < -0.4 is 10.2 Å². The Morgan fingerprint density at radius 1 is 0.893 bits per heavy atom. The predicted molar refractivity (Wildman–Crippen MR) is 106 cm³/mol. The highest BCUT2D eigenvalue weighted by atomic mass is 19.1. The summed E-state index contributed by atoms with van der Waals surface area (Å²) in [4.78, 5) is 25.1. The lowest BCUT2D eigenvalue weighted by Crippen LogP contribution is -2.49. The molecular weight excluding hydrogens is 357 g/mol. The average molecular weight is 377 g/mol. The molecule has 7 heteroatoms. The highest BCUT2D eigenvalue weighted by molar-refractivity contribution is 5.92. The summed E-state index contributed by atoms with van der Waals surface area (Å²) in [7, 11) is 0. The van der Waals surface area contributed by atoms with Gasteiger partial charge in [0, 0.05) is 31.9 Å². The Kier molecular flexibility index (Phi) is 5.14. The number of hydrogen-bond donors (Lipinski definition) is 1. The SMILES string of the molecule is O=C(c1cnc(Nc2ccccc2F)cn1)N1CCN(c2ccccc2)CC1. The van der Waals surface area contributed by atoms with E-state index >= 15 is 0 Å². The molecule has 142 valence electrons. The summed E-state index contributed by atoms with van der Waals surface area (Å²) in [5.41, 5.74) is 1.76. The smallest absolute Gasteiger partial charge is 0.274 e. The number of aromatic nitrogens is 2. The number of carbonyl (C=O) groups is 1. The molecule has 1 aliphatic rings. The van der Waals surface area contributed by atoms with E-state index in [2.05, 4.69) is 32.3 Å². The first kappa shape index (κ1) is 17.9. The average Bonchev–Trinajstić information content (AvgIpc) is 2.76. The molecule has 0 spiro atoms. The van der Waals surface area contributed by atoms with Crippen LogP contribution in [0.5, 0.6) is 0 Å². The van der Waals surface area contributed by atoms with Crippen molar-refractivity contribution in [2.24, 2.45) is 0 Å². The van der Waals surface area contributed by atoms with Crippen LogP contribution in [0.25, 0.3) is 0 Å². The summed E-state index contributed by atoms with van der Waals surface area (Å²) in [5, 5.41) is 2.86.